The summed E-state index contributed by atoms with van der Waals surface area (Å²) in [5.74, 6) is 0. The van der Waals surface area contributed by atoms with Gasteiger partial charge in [0.2, 0.25) is 0 Å². The summed E-state index contributed by atoms with van der Waals surface area (Å²) < 4.78 is 0. The number of benzene rings is 1. The van der Waals surface area contributed by atoms with Crippen molar-refractivity contribution in [1.29, 1.82) is 0 Å². The molecule has 2 aromatic rings. The molecule has 3 nitrogen and oxygen atoms in total. The number of hydrogen-bond acceptors (Lipinski definition) is 4. The largest absolute Gasteiger partial charge is 0.398 e. The van der Waals surface area contributed by atoms with Gasteiger partial charge in [0.25, 0.3) is 0 Å². The first-order valence-corrected chi connectivity index (χ1v) is 5.65. The molecular formula is C10H10ClN3S. The number of hydrogen-bond donors (Lipinski definition) is 2. The van der Waals surface area contributed by atoms with Crippen LogP contribution in [-0.4, -0.2) is 4.98 Å². The highest BCUT2D eigenvalue weighted by molar-refractivity contribution is 7.13. The van der Waals surface area contributed by atoms with E-state index in [1.54, 1.807) is 23.5 Å². The predicted molar refractivity (Wildman–Crippen MR) is 66.0 cm³/mol. The molecule has 0 aliphatic heterocycles. The number of nitrogens with two attached hydrogens (primary N) is 1. The van der Waals surface area contributed by atoms with Crippen molar-refractivity contribution in [2.45, 2.75) is 6.92 Å². The molecule has 78 valence electrons. The number of aryl methyl sites for hydroxylation is 1. The molecule has 0 bridgehead atoms. The van der Waals surface area contributed by atoms with Gasteiger partial charge >= 0.3 is 0 Å². The Morgan fingerprint density at radius 3 is 2.87 bits per heavy atom. The molecule has 0 unspecified atom stereocenters. The minimum atomic E-state index is 0.549. The predicted octanol–water partition coefficient (Wildman–Crippen LogP) is 3.43. The second-order valence-corrected chi connectivity index (χ2v) is 4.42. The number of aromatic nitrogens is 1. The maximum Gasteiger partial charge on any atom is 0.187 e. The Bertz CT molecular complexity index is 481. The fraction of sp³-hybridized carbons (Fsp3) is 0.100. The van der Waals surface area contributed by atoms with Crippen LogP contribution in [0.1, 0.15) is 5.69 Å². The number of rotatable bonds is 2. The number of nitrogens with one attached hydrogen (secondary N) is 1. The molecule has 1 aromatic heterocycles. The zero-order valence-corrected chi connectivity index (χ0v) is 9.69. The lowest BCUT2D eigenvalue weighted by molar-refractivity contribution is 1.26. The Balaban J connectivity index is 2.21. The lowest BCUT2D eigenvalue weighted by atomic mass is 10.3. The van der Waals surface area contributed by atoms with E-state index in [1.807, 2.05) is 18.4 Å². The zero-order valence-electron chi connectivity index (χ0n) is 8.12. The summed E-state index contributed by atoms with van der Waals surface area (Å²) in [4.78, 5) is 4.29. The van der Waals surface area contributed by atoms with Crippen LogP contribution in [0.3, 0.4) is 0 Å². The van der Waals surface area contributed by atoms with Gasteiger partial charge in [-0.2, -0.15) is 0 Å². The standard InChI is InChI=1S/C10H10ClN3S/c1-6-5-15-10(13-6)14-7-2-3-9(12)8(11)4-7/h2-5H,12H2,1H3,(H,13,14). The minimum absolute atomic E-state index is 0.549. The number of nitrogens with zero attached hydrogens (tertiary/aromatic N) is 1. The third-order valence-corrected chi connectivity index (χ3v) is 3.07. The highest BCUT2D eigenvalue weighted by Crippen LogP contribution is 2.26. The Morgan fingerprint density at radius 2 is 2.27 bits per heavy atom. The highest BCUT2D eigenvalue weighted by atomic mass is 35.5. The number of anilines is 3. The van der Waals surface area contributed by atoms with Crippen molar-refractivity contribution in [3.8, 4) is 0 Å². The molecule has 2 rings (SSSR count). The van der Waals surface area contributed by atoms with Crippen molar-refractivity contribution in [1.82, 2.24) is 4.98 Å². The third kappa shape index (κ3) is 2.40. The summed E-state index contributed by atoms with van der Waals surface area (Å²) in [6, 6.07) is 5.43. The summed E-state index contributed by atoms with van der Waals surface area (Å²) in [6.07, 6.45) is 0. The topological polar surface area (TPSA) is 50.9 Å². The van der Waals surface area contributed by atoms with Gasteiger partial charge in [0.05, 0.1) is 16.4 Å². The van der Waals surface area contributed by atoms with Gasteiger partial charge < -0.3 is 11.1 Å². The van der Waals surface area contributed by atoms with E-state index in [1.165, 1.54) is 0 Å². The van der Waals surface area contributed by atoms with Crippen molar-refractivity contribution >= 4 is 39.4 Å². The van der Waals surface area contributed by atoms with Crippen LogP contribution in [0.2, 0.25) is 5.02 Å². The average Bonchev–Trinajstić information content (AvgIpc) is 2.58. The lowest BCUT2D eigenvalue weighted by Gasteiger charge is -2.04. The minimum Gasteiger partial charge on any atom is -0.398 e. The van der Waals surface area contributed by atoms with E-state index < -0.39 is 0 Å². The third-order valence-electron chi connectivity index (χ3n) is 1.87. The Labute approximate surface area is 96.9 Å². The molecule has 0 amide bonds. The fourth-order valence-corrected chi connectivity index (χ4v) is 2.03. The van der Waals surface area contributed by atoms with Crippen LogP contribution >= 0.6 is 22.9 Å². The van der Waals surface area contributed by atoms with Crippen LogP contribution in [0.25, 0.3) is 0 Å². The molecule has 0 saturated carbocycles. The second-order valence-electron chi connectivity index (χ2n) is 3.16. The van der Waals surface area contributed by atoms with Gasteiger partial charge in [0.15, 0.2) is 5.13 Å². The number of nitrogen functional groups attached to an aromatic ring is 1. The monoisotopic (exact) mass is 239 g/mol. The van der Waals surface area contributed by atoms with Crippen LogP contribution in [0, 0.1) is 6.92 Å². The summed E-state index contributed by atoms with van der Waals surface area (Å²) in [7, 11) is 0. The van der Waals surface area contributed by atoms with E-state index in [0.717, 1.165) is 16.5 Å². The molecule has 0 aliphatic rings. The Morgan fingerprint density at radius 1 is 1.47 bits per heavy atom. The Kier molecular flexibility index (Phi) is 2.79. The van der Waals surface area contributed by atoms with E-state index in [-0.39, 0.29) is 0 Å². The molecule has 1 aromatic carbocycles. The smallest absolute Gasteiger partial charge is 0.187 e. The Hall–Kier alpha value is -1.26. The van der Waals surface area contributed by atoms with Crippen LogP contribution < -0.4 is 11.1 Å². The highest BCUT2D eigenvalue weighted by Gasteiger charge is 2.01. The van der Waals surface area contributed by atoms with E-state index in [0.29, 0.717) is 10.7 Å². The SMILES string of the molecule is Cc1csc(Nc2ccc(N)c(Cl)c2)n1. The van der Waals surface area contributed by atoms with Gasteiger partial charge in [-0.15, -0.1) is 11.3 Å². The number of halogens is 1. The quantitative estimate of drug-likeness (QED) is 0.790. The molecular weight excluding hydrogens is 230 g/mol. The molecule has 0 radical (unpaired) electrons. The second kappa shape index (κ2) is 4.08. The van der Waals surface area contributed by atoms with E-state index in [4.69, 9.17) is 17.3 Å². The molecule has 1 heterocycles. The molecule has 0 saturated heterocycles. The van der Waals surface area contributed by atoms with Crippen LogP contribution in [0.5, 0.6) is 0 Å². The van der Waals surface area contributed by atoms with Gasteiger partial charge in [-0.25, -0.2) is 4.98 Å². The first-order chi connectivity index (χ1) is 7.15. The molecule has 3 N–H and O–H groups in total. The molecule has 0 fully saturated rings. The van der Waals surface area contributed by atoms with E-state index in [9.17, 15) is 0 Å². The van der Waals surface area contributed by atoms with Crippen molar-refractivity contribution in [3.63, 3.8) is 0 Å². The van der Waals surface area contributed by atoms with Crippen molar-refractivity contribution in [2.24, 2.45) is 0 Å². The average molecular weight is 240 g/mol. The molecule has 0 aliphatic carbocycles. The normalized spacial score (nSPS) is 10.3. The molecule has 0 spiro atoms. The van der Waals surface area contributed by atoms with Gasteiger partial charge in [-0.3, -0.25) is 0 Å². The van der Waals surface area contributed by atoms with Crippen LogP contribution in [0.15, 0.2) is 23.6 Å². The first-order valence-electron chi connectivity index (χ1n) is 4.39. The van der Waals surface area contributed by atoms with Crippen molar-refractivity contribution < 1.29 is 0 Å². The zero-order chi connectivity index (χ0) is 10.8. The lowest BCUT2D eigenvalue weighted by Crippen LogP contribution is -1.91. The summed E-state index contributed by atoms with van der Waals surface area (Å²) >= 11 is 7.46. The van der Waals surface area contributed by atoms with Crippen molar-refractivity contribution in [2.75, 3.05) is 11.1 Å². The first kappa shape index (κ1) is 10.3. The molecule has 15 heavy (non-hydrogen) atoms. The fourth-order valence-electron chi connectivity index (χ4n) is 1.14. The maximum absolute atomic E-state index is 5.90. The number of thiazole rings is 1. The van der Waals surface area contributed by atoms with Gasteiger partial charge in [0, 0.05) is 11.1 Å². The van der Waals surface area contributed by atoms with E-state index in [2.05, 4.69) is 10.3 Å². The van der Waals surface area contributed by atoms with Crippen molar-refractivity contribution in [3.05, 3.63) is 34.3 Å². The van der Waals surface area contributed by atoms with Crippen LogP contribution in [-0.2, 0) is 0 Å². The summed E-state index contributed by atoms with van der Waals surface area (Å²) in [5, 5.41) is 6.55. The van der Waals surface area contributed by atoms with E-state index >= 15 is 0 Å². The van der Waals surface area contributed by atoms with Gasteiger partial charge in [0.1, 0.15) is 0 Å². The molecule has 0 atom stereocenters. The van der Waals surface area contributed by atoms with Crippen LogP contribution in [0.4, 0.5) is 16.5 Å². The summed E-state index contributed by atoms with van der Waals surface area (Å²) in [5.41, 5.74) is 8.09. The van der Waals surface area contributed by atoms with Gasteiger partial charge in [-0.05, 0) is 25.1 Å². The van der Waals surface area contributed by atoms with Gasteiger partial charge in [-0.1, -0.05) is 11.6 Å². The summed E-state index contributed by atoms with van der Waals surface area (Å²) in [6.45, 7) is 1.96. The maximum atomic E-state index is 5.90. The molecule has 5 heteroatoms.